The lowest BCUT2D eigenvalue weighted by atomic mass is 10.2. The minimum absolute atomic E-state index is 0.230. The molecule has 23 heavy (non-hydrogen) atoms. The molecule has 2 aromatic rings. The summed E-state index contributed by atoms with van der Waals surface area (Å²) in [6.07, 6.45) is 1.31. The van der Waals surface area contributed by atoms with Gasteiger partial charge in [-0.3, -0.25) is 9.78 Å². The van der Waals surface area contributed by atoms with E-state index in [1.807, 2.05) is 31.2 Å². The maximum absolute atomic E-state index is 11.9. The van der Waals surface area contributed by atoms with Crippen molar-refractivity contribution in [2.75, 3.05) is 20.3 Å². The maximum Gasteiger partial charge on any atom is 0.339 e. The Morgan fingerprint density at radius 3 is 2.70 bits per heavy atom. The first-order chi connectivity index (χ1) is 11.1. The van der Waals surface area contributed by atoms with Gasteiger partial charge < -0.3 is 14.8 Å². The van der Waals surface area contributed by atoms with Crippen molar-refractivity contribution >= 4 is 11.9 Å². The summed E-state index contributed by atoms with van der Waals surface area (Å²) in [6.45, 7) is 2.70. The molecule has 0 saturated carbocycles. The average Bonchev–Trinajstić information content (AvgIpc) is 2.58. The van der Waals surface area contributed by atoms with Gasteiger partial charge in [0.2, 0.25) is 0 Å². The number of nitrogens with one attached hydrogen (secondary N) is 1. The van der Waals surface area contributed by atoms with Crippen molar-refractivity contribution in [3.05, 3.63) is 59.4 Å². The first-order valence-corrected chi connectivity index (χ1v) is 7.12. The monoisotopic (exact) mass is 314 g/mol. The van der Waals surface area contributed by atoms with Crippen molar-refractivity contribution < 1.29 is 19.1 Å². The smallest absolute Gasteiger partial charge is 0.339 e. The van der Waals surface area contributed by atoms with Crippen molar-refractivity contribution in [3.63, 3.8) is 0 Å². The highest BCUT2D eigenvalue weighted by Gasteiger charge is 2.10. The summed E-state index contributed by atoms with van der Waals surface area (Å²) in [6, 6.07) is 10.7. The molecular formula is C17H18N2O4. The van der Waals surface area contributed by atoms with Crippen LogP contribution in [0, 0.1) is 6.92 Å². The Labute approximate surface area is 134 Å². The molecule has 1 aromatic carbocycles. The zero-order valence-corrected chi connectivity index (χ0v) is 13.0. The Kier molecular flexibility index (Phi) is 5.68. The average molecular weight is 314 g/mol. The number of ether oxygens (including phenoxy) is 2. The summed E-state index contributed by atoms with van der Waals surface area (Å²) in [5, 5.41) is 2.70. The van der Waals surface area contributed by atoms with E-state index in [2.05, 4.69) is 15.0 Å². The second-order valence-corrected chi connectivity index (χ2v) is 4.84. The lowest BCUT2D eigenvalue weighted by Gasteiger charge is -2.08. The number of esters is 1. The molecule has 1 N–H and O–H groups in total. The third-order valence-corrected chi connectivity index (χ3v) is 3.06. The van der Waals surface area contributed by atoms with Crippen molar-refractivity contribution in [3.8, 4) is 5.75 Å². The molecule has 0 unspecified atom stereocenters. The molecule has 6 heteroatoms. The van der Waals surface area contributed by atoms with Crippen LogP contribution in [0.25, 0.3) is 0 Å². The second-order valence-electron chi connectivity index (χ2n) is 4.84. The molecule has 0 bridgehead atoms. The Bertz CT molecular complexity index is 683. The Balaban J connectivity index is 1.79. The number of amides is 1. The van der Waals surface area contributed by atoms with Crippen LogP contribution in [-0.4, -0.2) is 37.1 Å². The largest absolute Gasteiger partial charge is 0.492 e. The fourth-order valence-corrected chi connectivity index (χ4v) is 1.90. The SMILES string of the molecule is COC(=O)c1ccc(C(=O)NCCOc2cccc(C)c2)nc1. The number of hydrogen-bond donors (Lipinski definition) is 1. The van der Waals surface area contributed by atoms with Gasteiger partial charge in [0.1, 0.15) is 18.1 Å². The predicted octanol–water partition coefficient (Wildman–Crippen LogP) is 1.99. The summed E-state index contributed by atoms with van der Waals surface area (Å²) in [7, 11) is 1.29. The Morgan fingerprint density at radius 2 is 2.04 bits per heavy atom. The zero-order valence-electron chi connectivity index (χ0n) is 13.0. The molecule has 0 aliphatic carbocycles. The first-order valence-electron chi connectivity index (χ1n) is 7.12. The molecule has 0 aliphatic heterocycles. The van der Waals surface area contributed by atoms with E-state index in [4.69, 9.17) is 4.74 Å². The normalized spacial score (nSPS) is 10.0. The maximum atomic E-state index is 11.9. The molecule has 0 spiro atoms. The number of aryl methyl sites for hydroxylation is 1. The predicted molar refractivity (Wildman–Crippen MR) is 84.6 cm³/mol. The van der Waals surface area contributed by atoms with Crippen LogP contribution in [0.1, 0.15) is 26.4 Å². The van der Waals surface area contributed by atoms with Crippen LogP contribution in [0.3, 0.4) is 0 Å². The van der Waals surface area contributed by atoms with Gasteiger partial charge in [-0.2, -0.15) is 0 Å². The highest BCUT2D eigenvalue weighted by atomic mass is 16.5. The summed E-state index contributed by atoms with van der Waals surface area (Å²) in [4.78, 5) is 27.1. The fraction of sp³-hybridized carbons (Fsp3) is 0.235. The lowest BCUT2D eigenvalue weighted by Crippen LogP contribution is -2.28. The quantitative estimate of drug-likeness (QED) is 0.651. The van der Waals surface area contributed by atoms with Crippen molar-refractivity contribution in [2.45, 2.75) is 6.92 Å². The highest BCUT2D eigenvalue weighted by Crippen LogP contribution is 2.11. The van der Waals surface area contributed by atoms with Gasteiger partial charge in [0.25, 0.3) is 5.91 Å². The van der Waals surface area contributed by atoms with Gasteiger partial charge in [0.15, 0.2) is 0 Å². The molecular weight excluding hydrogens is 296 g/mol. The third kappa shape index (κ3) is 4.81. The Morgan fingerprint density at radius 1 is 1.22 bits per heavy atom. The van der Waals surface area contributed by atoms with E-state index >= 15 is 0 Å². The number of hydrogen-bond acceptors (Lipinski definition) is 5. The number of carbonyl (C=O) groups is 2. The molecule has 1 heterocycles. The van der Waals surface area contributed by atoms with Gasteiger partial charge in [-0.05, 0) is 36.8 Å². The standard InChI is InChI=1S/C17H18N2O4/c1-12-4-3-5-14(10-12)23-9-8-18-16(20)15-7-6-13(11-19-15)17(21)22-2/h3-7,10-11H,8-9H2,1-2H3,(H,18,20). The molecule has 0 saturated heterocycles. The van der Waals surface area contributed by atoms with Crippen LogP contribution in [0.4, 0.5) is 0 Å². The minimum Gasteiger partial charge on any atom is -0.492 e. The van der Waals surface area contributed by atoms with Gasteiger partial charge in [-0.25, -0.2) is 4.79 Å². The highest BCUT2D eigenvalue weighted by molar-refractivity contribution is 5.94. The number of methoxy groups -OCH3 is 1. The van der Waals surface area contributed by atoms with E-state index in [9.17, 15) is 9.59 Å². The second kappa shape index (κ2) is 7.93. The number of nitrogens with zero attached hydrogens (tertiary/aromatic N) is 1. The van der Waals surface area contributed by atoms with Gasteiger partial charge in [-0.15, -0.1) is 0 Å². The van der Waals surface area contributed by atoms with Crippen molar-refractivity contribution in [2.24, 2.45) is 0 Å². The van der Waals surface area contributed by atoms with Crippen molar-refractivity contribution in [1.29, 1.82) is 0 Å². The molecule has 0 fully saturated rings. The molecule has 1 amide bonds. The van der Waals surface area contributed by atoms with Crippen LogP contribution in [0.2, 0.25) is 0 Å². The van der Waals surface area contributed by atoms with E-state index in [1.165, 1.54) is 25.4 Å². The summed E-state index contributed by atoms with van der Waals surface area (Å²) in [5.41, 5.74) is 1.64. The molecule has 0 atom stereocenters. The summed E-state index contributed by atoms with van der Waals surface area (Å²) in [5.74, 6) is -0.0509. The molecule has 6 nitrogen and oxygen atoms in total. The van der Waals surface area contributed by atoms with E-state index in [0.29, 0.717) is 18.7 Å². The number of rotatable bonds is 6. The van der Waals surface area contributed by atoms with Gasteiger partial charge >= 0.3 is 5.97 Å². The van der Waals surface area contributed by atoms with Gasteiger partial charge in [-0.1, -0.05) is 12.1 Å². The zero-order chi connectivity index (χ0) is 16.7. The summed E-state index contributed by atoms with van der Waals surface area (Å²) >= 11 is 0. The van der Waals surface area contributed by atoms with E-state index < -0.39 is 5.97 Å². The molecule has 2 rings (SSSR count). The molecule has 0 radical (unpaired) electrons. The van der Waals surface area contributed by atoms with E-state index in [1.54, 1.807) is 0 Å². The van der Waals surface area contributed by atoms with Crippen LogP contribution >= 0.6 is 0 Å². The fourth-order valence-electron chi connectivity index (χ4n) is 1.90. The van der Waals surface area contributed by atoms with E-state index in [0.717, 1.165) is 11.3 Å². The number of aromatic nitrogens is 1. The number of carbonyl (C=O) groups excluding carboxylic acids is 2. The van der Waals surface area contributed by atoms with E-state index in [-0.39, 0.29) is 11.6 Å². The van der Waals surface area contributed by atoms with Gasteiger partial charge in [0, 0.05) is 6.20 Å². The van der Waals surface area contributed by atoms with Gasteiger partial charge in [0.05, 0.1) is 19.2 Å². The molecule has 1 aromatic heterocycles. The van der Waals surface area contributed by atoms with Crippen molar-refractivity contribution in [1.82, 2.24) is 10.3 Å². The molecule has 120 valence electrons. The molecule has 0 aliphatic rings. The lowest BCUT2D eigenvalue weighted by molar-refractivity contribution is 0.0599. The van der Waals surface area contributed by atoms with Crippen LogP contribution in [-0.2, 0) is 4.74 Å². The van der Waals surface area contributed by atoms with Crippen LogP contribution in [0.5, 0.6) is 5.75 Å². The first kappa shape index (κ1) is 16.5. The van der Waals surface area contributed by atoms with Crippen LogP contribution in [0.15, 0.2) is 42.6 Å². The third-order valence-electron chi connectivity index (χ3n) is 3.06. The number of benzene rings is 1. The summed E-state index contributed by atoms with van der Waals surface area (Å²) < 4.78 is 10.1. The number of pyridine rings is 1. The minimum atomic E-state index is -0.490. The Hall–Kier alpha value is -2.89. The van der Waals surface area contributed by atoms with Crippen LogP contribution < -0.4 is 10.1 Å². The topological polar surface area (TPSA) is 77.5 Å².